The van der Waals surface area contributed by atoms with Crippen LogP contribution in [0.2, 0.25) is 0 Å². The van der Waals surface area contributed by atoms with Gasteiger partial charge in [-0.2, -0.15) is 0 Å². The molecule has 1 atom stereocenters. The quantitative estimate of drug-likeness (QED) is 0.658. The Balaban J connectivity index is 1.87. The first-order valence-electron chi connectivity index (χ1n) is 7.29. The van der Waals surface area contributed by atoms with E-state index in [1.165, 1.54) is 0 Å². The van der Waals surface area contributed by atoms with Gasteiger partial charge >= 0.3 is 0 Å². The summed E-state index contributed by atoms with van der Waals surface area (Å²) in [6, 6.07) is 5.24. The maximum Gasteiger partial charge on any atom is 0.191 e. The number of halogens is 1. The van der Waals surface area contributed by atoms with Gasteiger partial charge in [-0.15, -0.1) is 0 Å². The summed E-state index contributed by atoms with van der Waals surface area (Å²) in [5.74, 6) is 0.503. The molecule has 1 unspecified atom stereocenters. The van der Waals surface area contributed by atoms with Crippen molar-refractivity contribution >= 4 is 5.96 Å². The molecule has 0 radical (unpaired) electrons. The maximum absolute atomic E-state index is 13.6. The van der Waals surface area contributed by atoms with Crippen LogP contribution in [-0.2, 0) is 6.54 Å². The predicted molar refractivity (Wildman–Crippen MR) is 86.3 cm³/mol. The van der Waals surface area contributed by atoms with Crippen LogP contribution in [0.1, 0.15) is 24.1 Å². The first-order valence-corrected chi connectivity index (χ1v) is 7.29. The molecular weight excluding hydrogens is 281 g/mol. The maximum atomic E-state index is 13.6. The van der Waals surface area contributed by atoms with Crippen LogP contribution in [0.4, 0.5) is 4.39 Å². The van der Waals surface area contributed by atoms with Crippen molar-refractivity contribution in [3.05, 3.63) is 53.9 Å². The van der Waals surface area contributed by atoms with Crippen LogP contribution in [0, 0.1) is 12.7 Å². The highest BCUT2D eigenvalue weighted by molar-refractivity contribution is 5.80. The normalized spacial score (nSPS) is 13.0. The van der Waals surface area contributed by atoms with Crippen LogP contribution in [0.15, 0.2) is 41.9 Å². The number of imidazole rings is 1. The number of guanidine groups is 1. The standard InChI is InChI=1S/C16H22FN5/c1-12-4-5-14(10-15(12)17)13(2)21-16(18-3)20-7-9-22-8-6-19-11-22/h4-6,8,10-11,13H,7,9H2,1-3H3,(H2,18,20,21). The van der Waals surface area contributed by atoms with Crippen molar-refractivity contribution in [2.24, 2.45) is 4.99 Å². The average molecular weight is 303 g/mol. The number of hydrogen-bond donors (Lipinski definition) is 2. The van der Waals surface area contributed by atoms with Crippen LogP contribution >= 0.6 is 0 Å². The first kappa shape index (κ1) is 16.0. The predicted octanol–water partition coefficient (Wildman–Crippen LogP) is 2.26. The van der Waals surface area contributed by atoms with E-state index in [4.69, 9.17) is 0 Å². The van der Waals surface area contributed by atoms with Crippen LogP contribution in [-0.4, -0.2) is 29.1 Å². The molecule has 2 aromatic rings. The number of benzene rings is 1. The molecule has 118 valence electrons. The molecule has 2 rings (SSSR count). The Hall–Kier alpha value is -2.37. The zero-order valence-corrected chi connectivity index (χ0v) is 13.2. The molecule has 0 fully saturated rings. The summed E-state index contributed by atoms with van der Waals surface area (Å²) in [6.07, 6.45) is 5.44. The molecule has 0 bridgehead atoms. The third-order valence-electron chi connectivity index (χ3n) is 3.49. The topological polar surface area (TPSA) is 54.2 Å². The van der Waals surface area contributed by atoms with Crippen molar-refractivity contribution in [2.75, 3.05) is 13.6 Å². The van der Waals surface area contributed by atoms with Gasteiger partial charge in [-0.25, -0.2) is 9.37 Å². The van der Waals surface area contributed by atoms with E-state index in [-0.39, 0.29) is 11.9 Å². The Labute approximate surface area is 130 Å². The van der Waals surface area contributed by atoms with Gasteiger partial charge in [0.05, 0.1) is 12.4 Å². The minimum atomic E-state index is -0.186. The molecule has 6 heteroatoms. The third-order valence-corrected chi connectivity index (χ3v) is 3.49. The number of nitrogens with zero attached hydrogens (tertiary/aromatic N) is 3. The highest BCUT2D eigenvalue weighted by Gasteiger charge is 2.09. The molecule has 0 aliphatic heterocycles. The fourth-order valence-corrected chi connectivity index (χ4v) is 2.08. The molecule has 0 amide bonds. The number of aryl methyl sites for hydroxylation is 1. The van der Waals surface area contributed by atoms with Gasteiger partial charge in [-0.3, -0.25) is 4.99 Å². The SMILES string of the molecule is CN=C(NCCn1ccnc1)NC(C)c1ccc(C)c(F)c1. The van der Waals surface area contributed by atoms with Crippen molar-refractivity contribution in [3.8, 4) is 0 Å². The van der Waals surface area contributed by atoms with E-state index in [1.54, 1.807) is 38.6 Å². The molecular formula is C16H22FN5. The van der Waals surface area contributed by atoms with Gasteiger partial charge in [-0.05, 0) is 31.0 Å². The number of rotatable bonds is 5. The van der Waals surface area contributed by atoms with Crippen molar-refractivity contribution in [2.45, 2.75) is 26.4 Å². The van der Waals surface area contributed by atoms with Crippen LogP contribution < -0.4 is 10.6 Å². The molecule has 0 aliphatic rings. The highest BCUT2D eigenvalue weighted by atomic mass is 19.1. The summed E-state index contributed by atoms with van der Waals surface area (Å²) >= 11 is 0. The monoisotopic (exact) mass is 303 g/mol. The average Bonchev–Trinajstić information content (AvgIpc) is 3.02. The molecule has 22 heavy (non-hydrogen) atoms. The second-order valence-corrected chi connectivity index (χ2v) is 5.17. The summed E-state index contributed by atoms with van der Waals surface area (Å²) in [7, 11) is 1.72. The van der Waals surface area contributed by atoms with Gasteiger partial charge in [0.2, 0.25) is 0 Å². The number of nitrogens with one attached hydrogen (secondary N) is 2. The molecule has 2 N–H and O–H groups in total. The van der Waals surface area contributed by atoms with Gasteiger partial charge in [0, 0.05) is 32.5 Å². The molecule has 5 nitrogen and oxygen atoms in total. The minimum Gasteiger partial charge on any atom is -0.355 e. The zero-order valence-electron chi connectivity index (χ0n) is 13.2. The van der Waals surface area contributed by atoms with Crippen molar-refractivity contribution in [1.29, 1.82) is 0 Å². The Morgan fingerprint density at radius 1 is 1.45 bits per heavy atom. The van der Waals surface area contributed by atoms with E-state index in [1.807, 2.05) is 23.8 Å². The molecule has 1 aromatic carbocycles. The van der Waals surface area contributed by atoms with Crippen molar-refractivity contribution < 1.29 is 4.39 Å². The number of hydrogen-bond acceptors (Lipinski definition) is 2. The lowest BCUT2D eigenvalue weighted by Gasteiger charge is -2.18. The number of aromatic nitrogens is 2. The Bertz CT molecular complexity index is 621. The number of aliphatic imine (C=N–C) groups is 1. The van der Waals surface area contributed by atoms with E-state index in [2.05, 4.69) is 20.6 Å². The second-order valence-electron chi connectivity index (χ2n) is 5.17. The zero-order chi connectivity index (χ0) is 15.9. The smallest absolute Gasteiger partial charge is 0.191 e. The van der Waals surface area contributed by atoms with E-state index < -0.39 is 0 Å². The van der Waals surface area contributed by atoms with Crippen LogP contribution in [0.5, 0.6) is 0 Å². The summed E-state index contributed by atoms with van der Waals surface area (Å²) in [6.45, 7) is 5.26. The molecule has 0 aliphatic carbocycles. The molecule has 1 aromatic heterocycles. The first-order chi connectivity index (χ1) is 10.6. The van der Waals surface area contributed by atoms with Crippen molar-refractivity contribution in [1.82, 2.24) is 20.2 Å². The lowest BCUT2D eigenvalue weighted by Crippen LogP contribution is -2.40. The van der Waals surface area contributed by atoms with Crippen molar-refractivity contribution in [3.63, 3.8) is 0 Å². The van der Waals surface area contributed by atoms with Crippen LogP contribution in [0.25, 0.3) is 0 Å². The van der Waals surface area contributed by atoms with Crippen LogP contribution in [0.3, 0.4) is 0 Å². The van der Waals surface area contributed by atoms with Gasteiger partial charge in [0.15, 0.2) is 5.96 Å². The van der Waals surface area contributed by atoms with E-state index in [9.17, 15) is 4.39 Å². The van der Waals surface area contributed by atoms with Gasteiger partial charge in [0.1, 0.15) is 5.82 Å². The molecule has 0 spiro atoms. The minimum absolute atomic E-state index is 0.0328. The molecule has 0 saturated heterocycles. The van der Waals surface area contributed by atoms with E-state index in [0.717, 1.165) is 18.7 Å². The highest BCUT2D eigenvalue weighted by Crippen LogP contribution is 2.16. The second kappa shape index (κ2) is 7.59. The Morgan fingerprint density at radius 3 is 2.91 bits per heavy atom. The van der Waals surface area contributed by atoms with Gasteiger partial charge < -0.3 is 15.2 Å². The molecule has 1 heterocycles. The largest absolute Gasteiger partial charge is 0.355 e. The summed E-state index contributed by atoms with van der Waals surface area (Å²) in [4.78, 5) is 8.19. The van der Waals surface area contributed by atoms with E-state index >= 15 is 0 Å². The van der Waals surface area contributed by atoms with Gasteiger partial charge in [-0.1, -0.05) is 12.1 Å². The Morgan fingerprint density at radius 2 is 2.27 bits per heavy atom. The Kier molecular flexibility index (Phi) is 5.52. The lowest BCUT2D eigenvalue weighted by molar-refractivity contribution is 0.605. The molecule has 0 saturated carbocycles. The summed E-state index contributed by atoms with van der Waals surface area (Å²) in [5, 5.41) is 6.49. The van der Waals surface area contributed by atoms with Gasteiger partial charge in [0.25, 0.3) is 0 Å². The summed E-state index contributed by atoms with van der Waals surface area (Å²) < 4.78 is 15.6. The fraction of sp³-hybridized carbons (Fsp3) is 0.375. The fourth-order valence-electron chi connectivity index (χ4n) is 2.08. The third kappa shape index (κ3) is 4.31. The lowest BCUT2D eigenvalue weighted by atomic mass is 10.1. The summed E-state index contributed by atoms with van der Waals surface area (Å²) in [5.41, 5.74) is 1.54. The van der Waals surface area contributed by atoms with E-state index in [0.29, 0.717) is 11.5 Å².